The molecule has 3 heterocycles. The van der Waals surface area contributed by atoms with Crippen molar-refractivity contribution in [3.63, 3.8) is 0 Å². The van der Waals surface area contributed by atoms with Crippen LogP contribution in [-0.4, -0.2) is 42.9 Å². The van der Waals surface area contributed by atoms with E-state index in [0.29, 0.717) is 6.61 Å². The molecule has 5 nitrogen and oxygen atoms in total. The van der Waals surface area contributed by atoms with E-state index in [0.717, 1.165) is 66.9 Å². The first kappa shape index (κ1) is 17.2. The number of aryl methyl sites for hydroxylation is 1. The molecule has 0 N–H and O–H groups in total. The molecule has 2 aliphatic heterocycles. The zero-order valence-corrected chi connectivity index (χ0v) is 16.0. The lowest BCUT2D eigenvalue weighted by molar-refractivity contribution is 0.122. The van der Waals surface area contributed by atoms with E-state index in [1.807, 2.05) is 18.2 Å². The van der Waals surface area contributed by atoms with E-state index in [1.54, 1.807) is 0 Å². The van der Waals surface area contributed by atoms with Gasteiger partial charge >= 0.3 is 0 Å². The first-order valence-corrected chi connectivity index (χ1v) is 9.82. The first-order valence-electron chi connectivity index (χ1n) is 9.82. The fourth-order valence-corrected chi connectivity index (χ4v) is 3.84. The second kappa shape index (κ2) is 7.24. The van der Waals surface area contributed by atoms with Crippen molar-refractivity contribution >= 4 is 5.82 Å². The Morgan fingerprint density at radius 2 is 1.68 bits per heavy atom. The normalized spacial score (nSPS) is 16.0. The van der Waals surface area contributed by atoms with Gasteiger partial charge in [-0.3, -0.25) is 0 Å². The number of ether oxygens (including phenoxy) is 2. The van der Waals surface area contributed by atoms with Gasteiger partial charge in [0.05, 0.1) is 25.5 Å². The van der Waals surface area contributed by atoms with Crippen molar-refractivity contribution in [3.8, 4) is 28.4 Å². The zero-order chi connectivity index (χ0) is 18.9. The molecule has 5 rings (SSSR count). The molecule has 0 aliphatic carbocycles. The average Bonchev–Trinajstić information content (AvgIpc) is 2.94. The lowest BCUT2D eigenvalue weighted by atomic mass is 10.0. The van der Waals surface area contributed by atoms with Crippen LogP contribution in [0.2, 0.25) is 0 Å². The number of hydrogen-bond acceptors (Lipinski definition) is 5. The van der Waals surface area contributed by atoms with Crippen molar-refractivity contribution in [2.24, 2.45) is 0 Å². The van der Waals surface area contributed by atoms with Gasteiger partial charge in [0.1, 0.15) is 11.6 Å². The summed E-state index contributed by atoms with van der Waals surface area (Å²) in [5.74, 6) is 2.67. The van der Waals surface area contributed by atoms with E-state index in [9.17, 15) is 0 Å². The molecule has 2 aliphatic rings. The summed E-state index contributed by atoms with van der Waals surface area (Å²) in [6.07, 6.45) is 0.797. The minimum atomic E-state index is 0.634. The number of nitrogens with zero attached hydrogens (tertiary/aromatic N) is 3. The first-order chi connectivity index (χ1) is 13.8. The summed E-state index contributed by atoms with van der Waals surface area (Å²) in [5, 5.41) is 0. The summed E-state index contributed by atoms with van der Waals surface area (Å²) in [5.41, 5.74) is 5.46. The SMILES string of the molecule is Cc1ccc(-c2nc3c(c(N4CCOCC4)n2)CCOc2ccccc2-3)cc1. The molecule has 1 fully saturated rings. The third kappa shape index (κ3) is 3.12. The van der Waals surface area contributed by atoms with E-state index >= 15 is 0 Å². The van der Waals surface area contributed by atoms with Gasteiger partial charge < -0.3 is 14.4 Å². The van der Waals surface area contributed by atoms with E-state index in [1.165, 1.54) is 11.1 Å². The van der Waals surface area contributed by atoms with Crippen LogP contribution in [-0.2, 0) is 11.2 Å². The van der Waals surface area contributed by atoms with Crippen LogP contribution in [0.5, 0.6) is 5.75 Å². The predicted molar refractivity (Wildman–Crippen MR) is 110 cm³/mol. The Hall–Kier alpha value is -2.92. The van der Waals surface area contributed by atoms with E-state index in [2.05, 4.69) is 42.2 Å². The molecular weight excluding hydrogens is 350 g/mol. The van der Waals surface area contributed by atoms with E-state index < -0.39 is 0 Å². The molecule has 3 aromatic rings. The second-order valence-corrected chi connectivity index (χ2v) is 7.26. The number of para-hydroxylation sites is 1. The number of aromatic nitrogens is 2. The third-order valence-electron chi connectivity index (χ3n) is 5.36. The number of fused-ring (bicyclic) bond motifs is 3. The van der Waals surface area contributed by atoms with E-state index in [4.69, 9.17) is 19.4 Å². The van der Waals surface area contributed by atoms with Crippen LogP contribution in [0, 0.1) is 6.92 Å². The third-order valence-corrected chi connectivity index (χ3v) is 5.36. The number of anilines is 1. The number of morpholine rings is 1. The fraction of sp³-hybridized carbons (Fsp3) is 0.304. The van der Waals surface area contributed by atoms with Crippen LogP contribution < -0.4 is 9.64 Å². The molecule has 142 valence electrons. The highest BCUT2D eigenvalue weighted by Crippen LogP contribution is 2.38. The summed E-state index contributed by atoms with van der Waals surface area (Å²) in [6.45, 7) is 5.87. The number of hydrogen-bond donors (Lipinski definition) is 0. The number of rotatable bonds is 2. The van der Waals surface area contributed by atoms with Crippen molar-refractivity contribution in [3.05, 3.63) is 59.7 Å². The highest BCUT2D eigenvalue weighted by atomic mass is 16.5. The van der Waals surface area contributed by atoms with Gasteiger partial charge in [0.25, 0.3) is 0 Å². The molecule has 0 atom stereocenters. The molecule has 0 spiro atoms. The zero-order valence-electron chi connectivity index (χ0n) is 16.0. The summed E-state index contributed by atoms with van der Waals surface area (Å²) in [4.78, 5) is 12.4. The Bertz CT molecular complexity index is 995. The molecule has 2 aromatic carbocycles. The smallest absolute Gasteiger partial charge is 0.162 e. The molecule has 5 heteroatoms. The van der Waals surface area contributed by atoms with Crippen molar-refractivity contribution in [1.29, 1.82) is 0 Å². The quantitative estimate of drug-likeness (QED) is 0.682. The van der Waals surface area contributed by atoms with Gasteiger partial charge in [0.15, 0.2) is 5.82 Å². The highest BCUT2D eigenvalue weighted by molar-refractivity contribution is 5.77. The monoisotopic (exact) mass is 373 g/mol. The summed E-state index contributed by atoms with van der Waals surface area (Å²) < 4.78 is 11.6. The fourth-order valence-electron chi connectivity index (χ4n) is 3.84. The lowest BCUT2D eigenvalue weighted by Crippen LogP contribution is -2.37. The van der Waals surface area contributed by atoms with Crippen LogP contribution in [0.15, 0.2) is 48.5 Å². The van der Waals surface area contributed by atoms with Gasteiger partial charge in [-0.25, -0.2) is 9.97 Å². The summed E-state index contributed by atoms with van der Waals surface area (Å²) in [7, 11) is 0. The Morgan fingerprint density at radius 1 is 0.893 bits per heavy atom. The Balaban J connectivity index is 1.73. The standard InChI is InChI=1S/C23H23N3O2/c1-16-6-8-17(9-7-16)22-24-21-18-4-2-3-5-20(18)28-13-10-19(21)23(25-22)26-11-14-27-15-12-26/h2-9H,10-15H2,1H3. The largest absolute Gasteiger partial charge is 0.493 e. The molecule has 0 bridgehead atoms. The molecule has 0 amide bonds. The average molecular weight is 373 g/mol. The maximum absolute atomic E-state index is 6.02. The maximum atomic E-state index is 6.02. The molecule has 28 heavy (non-hydrogen) atoms. The summed E-state index contributed by atoms with van der Waals surface area (Å²) in [6, 6.07) is 16.6. The number of benzene rings is 2. The predicted octanol–water partition coefficient (Wildman–Crippen LogP) is 3.89. The molecular formula is C23H23N3O2. The van der Waals surface area contributed by atoms with Crippen LogP contribution >= 0.6 is 0 Å². The van der Waals surface area contributed by atoms with Crippen LogP contribution in [0.4, 0.5) is 5.82 Å². The Morgan fingerprint density at radius 3 is 2.50 bits per heavy atom. The van der Waals surface area contributed by atoms with Gasteiger partial charge in [-0.2, -0.15) is 0 Å². The van der Waals surface area contributed by atoms with Crippen molar-refractivity contribution in [2.45, 2.75) is 13.3 Å². The van der Waals surface area contributed by atoms with Crippen LogP contribution in [0.1, 0.15) is 11.1 Å². The second-order valence-electron chi connectivity index (χ2n) is 7.26. The molecule has 1 aromatic heterocycles. The van der Waals surface area contributed by atoms with Crippen molar-refractivity contribution < 1.29 is 9.47 Å². The maximum Gasteiger partial charge on any atom is 0.162 e. The van der Waals surface area contributed by atoms with Crippen molar-refractivity contribution in [2.75, 3.05) is 37.8 Å². The molecule has 0 saturated carbocycles. The molecule has 0 radical (unpaired) electrons. The van der Waals surface area contributed by atoms with Crippen LogP contribution in [0.25, 0.3) is 22.6 Å². The highest BCUT2D eigenvalue weighted by Gasteiger charge is 2.25. The Kier molecular flexibility index (Phi) is 4.45. The van der Waals surface area contributed by atoms with E-state index in [-0.39, 0.29) is 0 Å². The summed E-state index contributed by atoms with van der Waals surface area (Å²) >= 11 is 0. The topological polar surface area (TPSA) is 47.5 Å². The minimum absolute atomic E-state index is 0.634. The van der Waals surface area contributed by atoms with Gasteiger partial charge in [0, 0.05) is 36.2 Å². The lowest BCUT2D eigenvalue weighted by Gasteiger charge is -2.30. The molecule has 1 saturated heterocycles. The van der Waals surface area contributed by atoms with Gasteiger partial charge in [0.2, 0.25) is 0 Å². The van der Waals surface area contributed by atoms with Gasteiger partial charge in [-0.15, -0.1) is 0 Å². The van der Waals surface area contributed by atoms with Gasteiger partial charge in [-0.1, -0.05) is 42.0 Å². The van der Waals surface area contributed by atoms with Crippen LogP contribution in [0.3, 0.4) is 0 Å². The minimum Gasteiger partial charge on any atom is -0.493 e. The molecule has 0 unspecified atom stereocenters. The van der Waals surface area contributed by atoms with Gasteiger partial charge in [-0.05, 0) is 19.1 Å². The Labute approximate surface area is 165 Å². The van der Waals surface area contributed by atoms with Crippen molar-refractivity contribution in [1.82, 2.24) is 9.97 Å².